The monoisotopic (exact) mass is 299 g/mol. The Morgan fingerprint density at radius 1 is 1.24 bits per heavy atom. The molecule has 2 aromatic rings. The fraction of sp³-hybridized carbons (Fsp3) is 0.214. The van der Waals surface area contributed by atoms with Crippen molar-refractivity contribution in [2.75, 3.05) is 0 Å². The van der Waals surface area contributed by atoms with Gasteiger partial charge in [0, 0.05) is 0 Å². The first-order valence-corrected chi connectivity index (χ1v) is 6.04. The predicted molar refractivity (Wildman–Crippen MR) is 67.7 cm³/mol. The molecule has 1 amide bonds. The summed E-state index contributed by atoms with van der Waals surface area (Å²) < 4.78 is 44.7. The molecular weight excluding hydrogens is 287 g/mol. The molecule has 21 heavy (non-hydrogen) atoms. The van der Waals surface area contributed by atoms with E-state index in [0.29, 0.717) is 11.1 Å². The van der Waals surface area contributed by atoms with E-state index in [2.05, 4.69) is 10.1 Å². The largest absolute Gasteiger partial charge is 0.573 e. The highest BCUT2D eigenvalue weighted by molar-refractivity contribution is 5.94. The number of rotatable bonds is 4. The van der Waals surface area contributed by atoms with Crippen LogP contribution in [-0.4, -0.2) is 12.3 Å². The highest BCUT2D eigenvalue weighted by Gasteiger charge is 2.31. The first-order valence-electron chi connectivity index (χ1n) is 6.04. The van der Waals surface area contributed by atoms with Crippen LogP contribution in [0.5, 0.6) is 5.75 Å². The van der Waals surface area contributed by atoms with Crippen molar-refractivity contribution in [1.82, 2.24) is 5.32 Å². The minimum atomic E-state index is -4.72. The van der Waals surface area contributed by atoms with Gasteiger partial charge in [0.1, 0.15) is 12.0 Å². The highest BCUT2D eigenvalue weighted by atomic mass is 19.4. The molecule has 0 bridgehead atoms. The first-order chi connectivity index (χ1) is 9.85. The van der Waals surface area contributed by atoms with Gasteiger partial charge in [0.15, 0.2) is 0 Å². The maximum atomic E-state index is 12.0. The smallest absolute Gasteiger partial charge is 0.472 e. The molecule has 4 nitrogen and oxygen atoms in total. The predicted octanol–water partition coefficient (Wildman–Crippen LogP) is 3.67. The summed E-state index contributed by atoms with van der Waals surface area (Å²) in [5.41, 5.74) is 1.03. The maximum absolute atomic E-state index is 12.0. The number of nitrogens with one attached hydrogen (secondary N) is 1. The van der Waals surface area contributed by atoms with Crippen molar-refractivity contribution < 1.29 is 27.1 Å². The van der Waals surface area contributed by atoms with Crippen LogP contribution in [-0.2, 0) is 0 Å². The number of alkyl halides is 3. The summed E-state index contributed by atoms with van der Waals surface area (Å²) in [6.45, 7) is 1.72. The minimum absolute atomic E-state index is 0.306. The lowest BCUT2D eigenvalue weighted by Gasteiger charge is -2.15. The average Bonchev–Trinajstić information content (AvgIpc) is 2.91. The molecule has 0 saturated carbocycles. The summed E-state index contributed by atoms with van der Waals surface area (Å²) >= 11 is 0. The van der Waals surface area contributed by atoms with Crippen molar-refractivity contribution in [2.24, 2.45) is 0 Å². The molecule has 1 atom stereocenters. The molecule has 7 heteroatoms. The van der Waals surface area contributed by atoms with Gasteiger partial charge in [-0.1, -0.05) is 12.1 Å². The van der Waals surface area contributed by atoms with Crippen molar-refractivity contribution in [3.05, 3.63) is 54.0 Å². The number of benzene rings is 1. The van der Waals surface area contributed by atoms with Crippen LogP contribution in [0, 0.1) is 0 Å². The molecule has 2 rings (SSSR count). The molecule has 0 aliphatic carbocycles. The van der Waals surface area contributed by atoms with E-state index in [1.165, 1.54) is 42.9 Å². The second-order valence-corrected chi connectivity index (χ2v) is 4.32. The van der Waals surface area contributed by atoms with E-state index in [1.807, 2.05) is 0 Å². The lowest BCUT2D eigenvalue weighted by atomic mass is 10.1. The molecule has 1 aromatic heterocycles. The van der Waals surface area contributed by atoms with Crippen molar-refractivity contribution in [2.45, 2.75) is 19.3 Å². The van der Waals surface area contributed by atoms with Crippen LogP contribution in [0.25, 0.3) is 0 Å². The SMILES string of the molecule is C[C@H](NC(=O)c1ccoc1)c1ccc(OC(F)(F)F)cc1. The van der Waals surface area contributed by atoms with E-state index in [1.54, 1.807) is 6.92 Å². The summed E-state index contributed by atoms with van der Waals surface area (Å²) in [6.07, 6.45) is -2.03. The molecule has 0 radical (unpaired) electrons. The van der Waals surface area contributed by atoms with E-state index in [0.717, 1.165) is 0 Å². The molecule has 0 saturated heterocycles. The summed E-state index contributed by atoms with van der Waals surface area (Å²) in [7, 11) is 0. The Bertz CT molecular complexity index is 591. The highest BCUT2D eigenvalue weighted by Crippen LogP contribution is 2.24. The Labute approximate surface area is 118 Å². The molecule has 1 N–H and O–H groups in total. The van der Waals surface area contributed by atoms with Crippen LogP contribution < -0.4 is 10.1 Å². The van der Waals surface area contributed by atoms with Crippen LogP contribution in [0.15, 0.2) is 47.3 Å². The molecule has 1 heterocycles. The van der Waals surface area contributed by atoms with E-state index >= 15 is 0 Å². The van der Waals surface area contributed by atoms with E-state index < -0.39 is 6.36 Å². The fourth-order valence-electron chi connectivity index (χ4n) is 1.72. The number of halogens is 3. The van der Waals surface area contributed by atoms with E-state index in [4.69, 9.17) is 4.42 Å². The van der Waals surface area contributed by atoms with Crippen LogP contribution >= 0.6 is 0 Å². The van der Waals surface area contributed by atoms with Gasteiger partial charge in [-0.3, -0.25) is 4.79 Å². The van der Waals surface area contributed by atoms with Crippen LogP contribution in [0.3, 0.4) is 0 Å². The molecular formula is C14H12F3NO3. The minimum Gasteiger partial charge on any atom is -0.472 e. The molecule has 0 aliphatic heterocycles. The van der Waals surface area contributed by atoms with Gasteiger partial charge in [0.05, 0.1) is 17.9 Å². The molecule has 0 unspecified atom stereocenters. The standard InChI is InChI=1S/C14H12F3NO3/c1-9(18-13(19)11-6-7-20-8-11)10-2-4-12(5-3-10)21-14(15,16)17/h2-9H,1H3,(H,18,19)/t9-/m0/s1. The maximum Gasteiger partial charge on any atom is 0.573 e. The topological polar surface area (TPSA) is 51.5 Å². The number of hydrogen-bond acceptors (Lipinski definition) is 3. The molecule has 112 valence electrons. The van der Waals surface area contributed by atoms with E-state index in [9.17, 15) is 18.0 Å². The molecule has 0 spiro atoms. The Morgan fingerprint density at radius 2 is 1.90 bits per heavy atom. The quantitative estimate of drug-likeness (QED) is 0.937. The zero-order valence-corrected chi connectivity index (χ0v) is 11.0. The third-order valence-electron chi connectivity index (χ3n) is 2.74. The van der Waals surface area contributed by atoms with Gasteiger partial charge in [-0.2, -0.15) is 0 Å². The van der Waals surface area contributed by atoms with Gasteiger partial charge in [0.25, 0.3) is 5.91 Å². The normalized spacial score (nSPS) is 12.8. The summed E-state index contributed by atoms with van der Waals surface area (Å²) in [4.78, 5) is 11.8. The van der Waals surface area contributed by atoms with Gasteiger partial charge in [0.2, 0.25) is 0 Å². The molecule has 1 aromatic carbocycles. The molecule has 0 aliphatic rings. The number of furan rings is 1. The zero-order valence-electron chi connectivity index (χ0n) is 11.0. The van der Waals surface area contributed by atoms with Crippen molar-refractivity contribution in [3.8, 4) is 5.75 Å². The third kappa shape index (κ3) is 4.27. The van der Waals surface area contributed by atoms with Crippen LogP contribution in [0.4, 0.5) is 13.2 Å². The Kier molecular flexibility index (Phi) is 4.21. The van der Waals surface area contributed by atoms with Gasteiger partial charge in [-0.15, -0.1) is 13.2 Å². The van der Waals surface area contributed by atoms with Gasteiger partial charge < -0.3 is 14.5 Å². The second-order valence-electron chi connectivity index (χ2n) is 4.32. The number of ether oxygens (including phenoxy) is 1. The summed E-state index contributed by atoms with van der Waals surface area (Å²) in [5, 5.41) is 2.70. The molecule has 0 fully saturated rings. The number of amides is 1. The Hall–Kier alpha value is -2.44. The first kappa shape index (κ1) is 15.0. The number of carbonyl (C=O) groups is 1. The van der Waals surface area contributed by atoms with Crippen LogP contribution in [0.2, 0.25) is 0 Å². The van der Waals surface area contributed by atoms with Crippen LogP contribution in [0.1, 0.15) is 28.9 Å². The van der Waals surface area contributed by atoms with Gasteiger partial charge in [-0.05, 0) is 30.7 Å². The number of hydrogen-bond donors (Lipinski definition) is 1. The van der Waals surface area contributed by atoms with Gasteiger partial charge >= 0.3 is 6.36 Å². The van der Waals surface area contributed by atoms with Crippen molar-refractivity contribution in [3.63, 3.8) is 0 Å². The zero-order chi connectivity index (χ0) is 15.5. The Balaban J connectivity index is 2.00. The van der Waals surface area contributed by atoms with E-state index in [-0.39, 0.29) is 17.7 Å². The fourth-order valence-corrected chi connectivity index (χ4v) is 1.72. The lowest BCUT2D eigenvalue weighted by Crippen LogP contribution is -2.26. The second kappa shape index (κ2) is 5.90. The van der Waals surface area contributed by atoms with Gasteiger partial charge in [-0.25, -0.2) is 0 Å². The summed E-state index contributed by atoms with van der Waals surface area (Å²) in [6, 6.07) is 6.46. The summed E-state index contributed by atoms with van der Waals surface area (Å²) in [5.74, 6) is -0.633. The average molecular weight is 299 g/mol. The van der Waals surface area contributed by atoms with Crippen molar-refractivity contribution >= 4 is 5.91 Å². The lowest BCUT2D eigenvalue weighted by molar-refractivity contribution is -0.274. The third-order valence-corrected chi connectivity index (χ3v) is 2.74. The Morgan fingerprint density at radius 3 is 2.43 bits per heavy atom. The van der Waals surface area contributed by atoms with Crippen molar-refractivity contribution in [1.29, 1.82) is 0 Å². The number of carbonyl (C=O) groups excluding carboxylic acids is 1.